The van der Waals surface area contributed by atoms with Crippen LogP contribution in [0.1, 0.15) is 51.1 Å². The molecule has 2 N–H and O–H groups in total. The van der Waals surface area contributed by atoms with Crippen molar-refractivity contribution in [2.45, 2.75) is 52.1 Å². The maximum atomic E-state index is 13.0. The van der Waals surface area contributed by atoms with Gasteiger partial charge >= 0.3 is 0 Å². The zero-order valence-corrected chi connectivity index (χ0v) is 24.9. The number of nitrogens with one attached hydrogen (secondary N) is 2. The summed E-state index contributed by atoms with van der Waals surface area (Å²) >= 11 is 7.79. The van der Waals surface area contributed by atoms with Gasteiger partial charge in [-0.1, -0.05) is 41.5 Å². The summed E-state index contributed by atoms with van der Waals surface area (Å²) in [4.78, 5) is 24.6. The van der Waals surface area contributed by atoms with Crippen LogP contribution in [0.25, 0.3) is 10.2 Å². The molecule has 0 spiro atoms. The average Bonchev–Trinajstić information content (AvgIpc) is 3.39. The van der Waals surface area contributed by atoms with E-state index in [4.69, 9.17) is 21.3 Å². The maximum Gasteiger partial charge on any atom is 0.251 e. The number of nitrogens with zero attached hydrogens (tertiary/aromatic N) is 3. The molecule has 2 aromatic heterocycles. The van der Waals surface area contributed by atoms with Crippen molar-refractivity contribution in [3.05, 3.63) is 83.2 Å². The standard InChI is InChI=1S/C32H36ClN5O2S/c1-2-23(10-5-9-19-38-17-7-3-8-18-38)31(39)35-25-13-14-27-30(21-25)41-32(36-27)37-28-20-24(33)12-15-29(28)40-22-26-11-4-6-16-34-26/h2,4,6,11-16,20-21H,3,5,7-10,17-19,22H2,1H3,(H,35,39)(H,36,37)/b23-2+. The highest BCUT2D eigenvalue weighted by molar-refractivity contribution is 7.22. The molecule has 41 heavy (non-hydrogen) atoms. The molecule has 3 heterocycles. The topological polar surface area (TPSA) is 79.4 Å². The number of hydrogen-bond acceptors (Lipinski definition) is 7. The summed E-state index contributed by atoms with van der Waals surface area (Å²) < 4.78 is 6.99. The van der Waals surface area contributed by atoms with Gasteiger partial charge in [0.15, 0.2) is 5.13 Å². The lowest BCUT2D eigenvalue weighted by Gasteiger charge is -2.26. The fraction of sp³-hybridized carbons (Fsp3) is 0.344. The van der Waals surface area contributed by atoms with E-state index in [1.807, 2.05) is 61.5 Å². The Hall–Kier alpha value is -3.46. The first kappa shape index (κ1) is 29.0. The fourth-order valence-corrected chi connectivity index (χ4v) is 6.06. The van der Waals surface area contributed by atoms with Crippen LogP contribution in [0.2, 0.25) is 5.02 Å². The first-order chi connectivity index (χ1) is 20.1. The molecular weight excluding hydrogens is 554 g/mol. The molecule has 0 radical (unpaired) electrons. The van der Waals surface area contributed by atoms with Crippen LogP contribution in [-0.2, 0) is 11.4 Å². The Kier molecular flexibility index (Phi) is 10.2. The van der Waals surface area contributed by atoms with Crippen LogP contribution in [0, 0.1) is 0 Å². The van der Waals surface area contributed by atoms with Crippen LogP contribution in [0.4, 0.5) is 16.5 Å². The molecule has 7 nitrogen and oxygen atoms in total. The minimum atomic E-state index is -0.0405. The molecule has 1 aliphatic rings. The van der Waals surface area contributed by atoms with E-state index in [-0.39, 0.29) is 5.91 Å². The third-order valence-electron chi connectivity index (χ3n) is 7.19. The van der Waals surface area contributed by atoms with Crippen molar-refractivity contribution >= 4 is 55.6 Å². The predicted molar refractivity (Wildman–Crippen MR) is 169 cm³/mol. The third-order valence-corrected chi connectivity index (χ3v) is 8.36. The number of amides is 1. The van der Waals surface area contributed by atoms with Crippen molar-refractivity contribution in [1.29, 1.82) is 0 Å². The Morgan fingerprint density at radius 1 is 1.10 bits per heavy atom. The number of pyridine rings is 1. The molecule has 2 aromatic carbocycles. The number of ether oxygens (including phenoxy) is 1. The number of likely N-dealkylation sites (tertiary alicyclic amines) is 1. The lowest BCUT2D eigenvalue weighted by Crippen LogP contribution is -2.30. The van der Waals surface area contributed by atoms with Gasteiger partial charge in [0.05, 0.1) is 21.6 Å². The number of anilines is 3. The van der Waals surface area contributed by atoms with Crippen LogP contribution in [0.5, 0.6) is 5.75 Å². The van der Waals surface area contributed by atoms with E-state index in [9.17, 15) is 4.79 Å². The van der Waals surface area contributed by atoms with Gasteiger partial charge in [-0.25, -0.2) is 4.98 Å². The van der Waals surface area contributed by atoms with E-state index < -0.39 is 0 Å². The number of allylic oxidation sites excluding steroid dienone is 1. The Bertz CT molecular complexity index is 1480. The first-order valence-electron chi connectivity index (χ1n) is 14.3. The number of unbranched alkanes of at least 4 members (excludes halogenated alkanes) is 1. The second kappa shape index (κ2) is 14.4. The number of rotatable bonds is 12. The van der Waals surface area contributed by atoms with Crippen LogP contribution in [0.15, 0.2) is 72.4 Å². The van der Waals surface area contributed by atoms with Crippen LogP contribution in [-0.4, -0.2) is 40.4 Å². The average molecular weight is 590 g/mol. The molecule has 0 saturated carbocycles. The number of hydrogen-bond donors (Lipinski definition) is 2. The maximum absolute atomic E-state index is 13.0. The second-order valence-corrected chi connectivity index (χ2v) is 11.7. The van der Waals surface area contributed by atoms with Gasteiger partial charge in [-0.3, -0.25) is 9.78 Å². The first-order valence-corrected chi connectivity index (χ1v) is 15.5. The molecule has 1 aliphatic heterocycles. The summed E-state index contributed by atoms with van der Waals surface area (Å²) in [6.07, 6.45) is 10.6. The van der Waals surface area contributed by atoms with Crippen molar-refractivity contribution in [2.75, 3.05) is 30.3 Å². The number of aromatic nitrogens is 2. The largest absolute Gasteiger partial charge is 0.485 e. The summed E-state index contributed by atoms with van der Waals surface area (Å²) in [7, 11) is 0. The smallest absolute Gasteiger partial charge is 0.251 e. The number of fused-ring (bicyclic) bond motifs is 1. The van der Waals surface area contributed by atoms with Crippen molar-refractivity contribution < 1.29 is 9.53 Å². The van der Waals surface area contributed by atoms with E-state index in [0.717, 1.165) is 58.7 Å². The molecule has 1 fully saturated rings. The number of thiazole rings is 1. The summed E-state index contributed by atoms with van der Waals surface area (Å²) in [6.45, 7) is 5.84. The van der Waals surface area contributed by atoms with Gasteiger partial charge in [-0.2, -0.15) is 0 Å². The number of benzene rings is 2. The molecule has 5 rings (SSSR count). The molecule has 1 amide bonds. The summed E-state index contributed by atoms with van der Waals surface area (Å²) in [5, 5.41) is 7.73. The van der Waals surface area contributed by atoms with E-state index in [1.54, 1.807) is 12.3 Å². The molecule has 0 atom stereocenters. The number of carbonyl (C=O) groups excluding carboxylic acids is 1. The van der Waals surface area contributed by atoms with Gasteiger partial charge in [0.25, 0.3) is 5.91 Å². The number of halogens is 1. The molecule has 0 bridgehead atoms. The van der Waals surface area contributed by atoms with Gasteiger partial charge in [0.1, 0.15) is 12.4 Å². The quantitative estimate of drug-likeness (QED) is 0.128. The predicted octanol–water partition coefficient (Wildman–Crippen LogP) is 8.21. The van der Waals surface area contributed by atoms with Crippen LogP contribution < -0.4 is 15.4 Å². The third kappa shape index (κ3) is 8.28. The summed E-state index contributed by atoms with van der Waals surface area (Å²) in [5.74, 6) is 0.614. The SMILES string of the molecule is C/C=C(\CCCCN1CCCCC1)C(=O)Nc1ccc2nc(Nc3cc(Cl)ccc3OCc3ccccn3)sc2c1. The molecule has 0 unspecified atom stereocenters. The highest BCUT2D eigenvalue weighted by atomic mass is 35.5. The second-order valence-electron chi connectivity index (χ2n) is 10.2. The van der Waals surface area contributed by atoms with Crippen molar-refractivity contribution in [3.8, 4) is 5.75 Å². The van der Waals surface area contributed by atoms with E-state index in [1.165, 1.54) is 43.7 Å². The van der Waals surface area contributed by atoms with Gasteiger partial charge < -0.3 is 20.3 Å². The highest BCUT2D eigenvalue weighted by Crippen LogP contribution is 2.35. The summed E-state index contributed by atoms with van der Waals surface area (Å²) in [5.41, 5.74) is 3.99. The van der Waals surface area contributed by atoms with Crippen LogP contribution >= 0.6 is 22.9 Å². The molecular formula is C32H36ClN5O2S. The van der Waals surface area contributed by atoms with Crippen LogP contribution in [0.3, 0.4) is 0 Å². The minimum Gasteiger partial charge on any atom is -0.485 e. The molecule has 1 saturated heterocycles. The van der Waals surface area contributed by atoms with Crippen molar-refractivity contribution in [1.82, 2.24) is 14.9 Å². The Morgan fingerprint density at radius 2 is 1.98 bits per heavy atom. The number of carbonyl (C=O) groups is 1. The molecule has 4 aromatic rings. The van der Waals surface area contributed by atoms with E-state index in [0.29, 0.717) is 22.5 Å². The van der Waals surface area contributed by atoms with E-state index in [2.05, 4.69) is 20.5 Å². The highest BCUT2D eigenvalue weighted by Gasteiger charge is 2.14. The lowest BCUT2D eigenvalue weighted by atomic mass is 10.1. The molecule has 214 valence electrons. The molecule has 9 heteroatoms. The Labute approximate surface area is 250 Å². The lowest BCUT2D eigenvalue weighted by molar-refractivity contribution is -0.113. The monoisotopic (exact) mass is 589 g/mol. The van der Waals surface area contributed by atoms with Crippen molar-refractivity contribution in [2.24, 2.45) is 0 Å². The fourth-order valence-electron chi connectivity index (χ4n) is 4.97. The van der Waals surface area contributed by atoms with Gasteiger partial charge in [-0.15, -0.1) is 0 Å². The van der Waals surface area contributed by atoms with Gasteiger partial charge in [-0.05, 0) is 107 Å². The Balaban J connectivity index is 1.19. The van der Waals surface area contributed by atoms with Gasteiger partial charge in [0.2, 0.25) is 0 Å². The van der Waals surface area contributed by atoms with Crippen molar-refractivity contribution in [3.63, 3.8) is 0 Å². The normalized spacial score (nSPS) is 14.2. The Morgan fingerprint density at radius 3 is 2.78 bits per heavy atom. The van der Waals surface area contributed by atoms with E-state index >= 15 is 0 Å². The minimum absolute atomic E-state index is 0.0405. The van der Waals surface area contributed by atoms with Gasteiger partial charge in [0, 0.05) is 22.5 Å². The molecule has 0 aliphatic carbocycles. The zero-order chi connectivity index (χ0) is 28.4. The zero-order valence-electron chi connectivity index (χ0n) is 23.4. The number of piperidine rings is 1. The summed E-state index contributed by atoms with van der Waals surface area (Å²) in [6, 6.07) is 17.0.